The van der Waals surface area contributed by atoms with E-state index in [0.717, 1.165) is 6.21 Å². The van der Waals surface area contributed by atoms with E-state index in [1.165, 1.54) is 6.08 Å². The summed E-state index contributed by atoms with van der Waals surface area (Å²) < 4.78 is 0. The highest BCUT2D eigenvalue weighted by Gasteiger charge is 1.74. The highest BCUT2D eigenvalue weighted by Crippen LogP contribution is 1.87. The van der Waals surface area contributed by atoms with E-state index < -0.39 is 0 Å². The predicted molar refractivity (Wildman–Crippen MR) is 29.1 cm³/mol. The molecule has 0 aliphatic heterocycles. The van der Waals surface area contributed by atoms with Crippen LogP contribution in [-0.4, -0.2) is 6.21 Å². The number of nitrogens with one attached hydrogen (secondary N) is 1. The summed E-state index contributed by atoms with van der Waals surface area (Å²) in [6.45, 7) is 8.03. The summed E-state index contributed by atoms with van der Waals surface area (Å²) in [4.78, 5) is 3.04. The van der Waals surface area contributed by atoms with Crippen molar-refractivity contribution in [3.05, 3.63) is 23.2 Å². The smallest absolute Gasteiger partial charge is 0.164 e. The van der Waals surface area contributed by atoms with E-state index in [9.17, 15) is 0 Å². The van der Waals surface area contributed by atoms with E-state index in [-0.39, 0.29) is 0 Å². The average molecular weight is 94.1 g/mol. The van der Waals surface area contributed by atoms with Gasteiger partial charge in [0.15, 0.2) is 5.70 Å². The Hall–Kier alpha value is -1.10. The molecule has 0 amide bonds. The van der Waals surface area contributed by atoms with E-state index in [1.54, 1.807) is 6.92 Å². The lowest BCUT2D eigenvalue weighted by molar-refractivity contribution is 1.51. The Morgan fingerprint density at radius 1 is 1.86 bits per heavy atom. The molecular weight excluding hydrogens is 88.1 g/mol. The summed E-state index contributed by atoms with van der Waals surface area (Å²) in [6.07, 6.45) is 2.56. The standard InChI is InChI=1S/C5H6N2/c1-5(7-2)3-4-6/h3-4,6H,1H3/b5-3-,6-4?. The SMILES string of the molecule is [C-]#[N+]/C(C)=C\C=N. The Kier molecular flexibility index (Phi) is 2.62. The number of nitrogens with zero attached hydrogens (tertiary/aromatic N) is 1. The fourth-order valence-electron chi connectivity index (χ4n) is 0.158. The van der Waals surface area contributed by atoms with Crippen LogP contribution >= 0.6 is 0 Å². The van der Waals surface area contributed by atoms with Crippen LogP contribution in [0.5, 0.6) is 0 Å². The summed E-state index contributed by atoms with van der Waals surface area (Å²) in [6, 6.07) is 0. The first kappa shape index (κ1) is 5.90. The van der Waals surface area contributed by atoms with Crippen LogP contribution in [0.3, 0.4) is 0 Å². The molecule has 0 aliphatic rings. The van der Waals surface area contributed by atoms with Gasteiger partial charge in [-0.1, -0.05) is 0 Å². The summed E-state index contributed by atoms with van der Waals surface area (Å²) in [7, 11) is 0. The van der Waals surface area contributed by atoms with Crippen LogP contribution < -0.4 is 0 Å². The lowest BCUT2D eigenvalue weighted by atomic mass is 10.5. The maximum absolute atomic E-state index is 6.49. The monoisotopic (exact) mass is 94.1 g/mol. The summed E-state index contributed by atoms with van der Waals surface area (Å²) in [5.41, 5.74) is 0.551. The van der Waals surface area contributed by atoms with Gasteiger partial charge in [0.05, 0.1) is 6.57 Å². The minimum atomic E-state index is 0.551. The van der Waals surface area contributed by atoms with Crippen LogP contribution in [0.25, 0.3) is 4.85 Å². The van der Waals surface area contributed by atoms with Gasteiger partial charge >= 0.3 is 0 Å². The molecule has 0 fully saturated rings. The van der Waals surface area contributed by atoms with Gasteiger partial charge < -0.3 is 5.41 Å². The third-order valence-corrected chi connectivity index (χ3v) is 0.501. The lowest BCUT2D eigenvalue weighted by Crippen LogP contribution is -1.61. The van der Waals surface area contributed by atoms with E-state index >= 15 is 0 Å². The fourth-order valence-corrected chi connectivity index (χ4v) is 0.158. The zero-order valence-corrected chi connectivity index (χ0v) is 4.10. The number of rotatable bonds is 1. The molecule has 2 nitrogen and oxygen atoms in total. The van der Waals surface area contributed by atoms with Gasteiger partial charge in [-0.2, -0.15) is 0 Å². The molecule has 0 radical (unpaired) electrons. The number of hydrogen-bond donors (Lipinski definition) is 1. The third-order valence-electron chi connectivity index (χ3n) is 0.501. The van der Waals surface area contributed by atoms with E-state index in [1.807, 2.05) is 0 Å². The second-order valence-corrected chi connectivity index (χ2v) is 1.09. The van der Waals surface area contributed by atoms with Crippen molar-refractivity contribution in [1.29, 1.82) is 5.41 Å². The zero-order valence-electron chi connectivity index (χ0n) is 4.10. The van der Waals surface area contributed by atoms with Crippen molar-refractivity contribution >= 4 is 6.21 Å². The first-order valence-electron chi connectivity index (χ1n) is 1.86. The van der Waals surface area contributed by atoms with Gasteiger partial charge in [0.1, 0.15) is 0 Å². The molecule has 2 heteroatoms. The van der Waals surface area contributed by atoms with Crippen LogP contribution in [0.2, 0.25) is 0 Å². The molecule has 0 heterocycles. The van der Waals surface area contributed by atoms with Crippen LogP contribution in [-0.2, 0) is 0 Å². The highest BCUT2D eigenvalue weighted by atomic mass is 14.6. The Labute approximate surface area is 42.8 Å². The molecule has 0 saturated heterocycles. The molecule has 0 aliphatic carbocycles. The van der Waals surface area contributed by atoms with Crippen LogP contribution in [0, 0.1) is 12.0 Å². The molecule has 0 aromatic rings. The van der Waals surface area contributed by atoms with Gasteiger partial charge in [0.25, 0.3) is 0 Å². The Balaban J connectivity index is 3.80. The van der Waals surface area contributed by atoms with Gasteiger partial charge in [-0.3, -0.25) is 0 Å². The van der Waals surface area contributed by atoms with Crippen LogP contribution in [0.1, 0.15) is 6.92 Å². The third kappa shape index (κ3) is 2.71. The first-order valence-corrected chi connectivity index (χ1v) is 1.86. The number of allylic oxidation sites excluding steroid dienone is 2. The quantitative estimate of drug-likeness (QED) is 0.376. The molecule has 0 aromatic carbocycles. The highest BCUT2D eigenvalue weighted by molar-refractivity contribution is 5.69. The van der Waals surface area contributed by atoms with Crippen molar-refractivity contribution in [2.45, 2.75) is 6.92 Å². The topological polar surface area (TPSA) is 28.2 Å². The second kappa shape index (κ2) is 3.10. The largest absolute Gasteiger partial charge is 0.310 e. The molecule has 1 N–H and O–H groups in total. The Morgan fingerprint density at radius 3 is 2.57 bits per heavy atom. The average Bonchev–Trinajstić information content (AvgIpc) is 1.68. The molecular formula is C5H6N2. The maximum atomic E-state index is 6.49. The molecule has 0 rings (SSSR count). The number of hydrogen-bond acceptors (Lipinski definition) is 1. The lowest BCUT2D eigenvalue weighted by Gasteiger charge is -1.72. The summed E-state index contributed by atoms with van der Waals surface area (Å²) in [5, 5.41) is 6.49. The molecule has 0 bridgehead atoms. The van der Waals surface area contributed by atoms with Gasteiger partial charge in [-0.25, -0.2) is 4.85 Å². The van der Waals surface area contributed by atoms with Crippen molar-refractivity contribution < 1.29 is 0 Å². The molecule has 36 valence electrons. The minimum Gasteiger partial charge on any atom is -0.310 e. The van der Waals surface area contributed by atoms with Crippen molar-refractivity contribution in [2.75, 3.05) is 0 Å². The molecule has 0 unspecified atom stereocenters. The molecule has 7 heavy (non-hydrogen) atoms. The molecule has 0 aromatic heterocycles. The Morgan fingerprint density at radius 2 is 2.43 bits per heavy atom. The summed E-state index contributed by atoms with van der Waals surface area (Å²) in [5.74, 6) is 0. The van der Waals surface area contributed by atoms with Gasteiger partial charge in [0, 0.05) is 6.21 Å². The normalized spacial score (nSPS) is 10.0. The van der Waals surface area contributed by atoms with E-state index in [2.05, 4.69) is 4.85 Å². The molecule has 0 saturated carbocycles. The molecule has 0 atom stereocenters. The van der Waals surface area contributed by atoms with E-state index in [0.29, 0.717) is 5.70 Å². The van der Waals surface area contributed by atoms with Crippen LogP contribution in [0.4, 0.5) is 0 Å². The summed E-state index contributed by atoms with van der Waals surface area (Å²) >= 11 is 0. The molecule has 0 spiro atoms. The maximum Gasteiger partial charge on any atom is 0.164 e. The minimum absolute atomic E-state index is 0.551. The van der Waals surface area contributed by atoms with Crippen molar-refractivity contribution in [3.63, 3.8) is 0 Å². The predicted octanol–water partition coefficient (Wildman–Crippen LogP) is 1.46. The first-order chi connectivity index (χ1) is 3.31. The van der Waals surface area contributed by atoms with E-state index in [4.69, 9.17) is 12.0 Å². The van der Waals surface area contributed by atoms with Gasteiger partial charge in [0.2, 0.25) is 0 Å². The second-order valence-electron chi connectivity index (χ2n) is 1.09. The van der Waals surface area contributed by atoms with Crippen LogP contribution in [0.15, 0.2) is 11.8 Å². The fraction of sp³-hybridized carbons (Fsp3) is 0.200. The zero-order chi connectivity index (χ0) is 5.70. The van der Waals surface area contributed by atoms with Gasteiger partial charge in [-0.15, -0.1) is 0 Å². The van der Waals surface area contributed by atoms with Crippen molar-refractivity contribution in [3.8, 4) is 0 Å². The van der Waals surface area contributed by atoms with Crippen molar-refractivity contribution in [2.24, 2.45) is 0 Å². The Bertz CT molecular complexity index is 128. The van der Waals surface area contributed by atoms with Gasteiger partial charge in [-0.05, 0) is 13.0 Å². The van der Waals surface area contributed by atoms with Crippen molar-refractivity contribution in [1.82, 2.24) is 0 Å².